The van der Waals surface area contributed by atoms with Crippen LogP contribution in [-0.4, -0.2) is 74.3 Å². The van der Waals surface area contributed by atoms with Gasteiger partial charge in [-0.3, -0.25) is 19.5 Å². The highest BCUT2D eigenvalue weighted by Crippen LogP contribution is 2.37. The number of alkyl halides is 5. The molecule has 250 valence electrons. The van der Waals surface area contributed by atoms with Gasteiger partial charge in [-0.2, -0.15) is 18.3 Å². The lowest BCUT2D eigenvalue weighted by Gasteiger charge is -2.35. The molecule has 0 aromatic carbocycles. The fourth-order valence-electron chi connectivity index (χ4n) is 5.03. The number of halogens is 5. The Kier molecular flexibility index (Phi) is 9.61. The first kappa shape index (κ1) is 33.5. The van der Waals surface area contributed by atoms with Crippen molar-refractivity contribution in [3.05, 3.63) is 55.0 Å². The highest BCUT2D eigenvalue weighted by molar-refractivity contribution is 7.89. The molecular formula is C27H27F5N10O4S. The van der Waals surface area contributed by atoms with Crippen LogP contribution >= 0.6 is 0 Å². The Morgan fingerprint density at radius 1 is 1.06 bits per heavy atom. The molecule has 20 heteroatoms. The van der Waals surface area contributed by atoms with Crippen molar-refractivity contribution in [2.24, 2.45) is 12.2 Å². The molecule has 4 aromatic rings. The number of rotatable bonds is 9. The summed E-state index contributed by atoms with van der Waals surface area (Å²) >= 11 is 0. The first-order chi connectivity index (χ1) is 22.2. The molecule has 1 fully saturated rings. The van der Waals surface area contributed by atoms with Crippen LogP contribution in [0, 0.1) is 0 Å². The Bertz CT molecular complexity index is 1830. The fraction of sp³-hybridized carbons (Fsp3) is 0.370. The number of carbonyl (C=O) groups is 1. The van der Waals surface area contributed by atoms with E-state index in [4.69, 9.17) is 9.88 Å². The van der Waals surface area contributed by atoms with Crippen LogP contribution in [-0.2, 0) is 28.0 Å². The molecule has 1 amide bonds. The first-order valence-corrected chi connectivity index (χ1v) is 15.5. The number of pyridine rings is 1. The van der Waals surface area contributed by atoms with Gasteiger partial charge in [-0.1, -0.05) is 0 Å². The minimum Gasteiger partial charge on any atom is -0.443 e. The zero-order valence-electron chi connectivity index (χ0n) is 24.5. The number of ether oxygens (including phenoxy) is 1. The van der Waals surface area contributed by atoms with E-state index in [0.717, 1.165) is 23.4 Å². The second-order valence-electron chi connectivity index (χ2n) is 10.6. The van der Waals surface area contributed by atoms with Gasteiger partial charge >= 0.3 is 12.3 Å². The van der Waals surface area contributed by atoms with E-state index >= 15 is 0 Å². The number of aryl methyl sites for hydroxylation is 1. The highest BCUT2D eigenvalue weighted by atomic mass is 32.2. The van der Waals surface area contributed by atoms with E-state index in [0.29, 0.717) is 43.1 Å². The lowest BCUT2D eigenvalue weighted by Crippen LogP contribution is -2.45. The third-order valence-electron chi connectivity index (χ3n) is 7.22. The van der Waals surface area contributed by atoms with Crippen molar-refractivity contribution in [3.8, 4) is 22.5 Å². The maximum absolute atomic E-state index is 13.8. The summed E-state index contributed by atoms with van der Waals surface area (Å²) in [6.45, 7) is -1.11. The molecule has 0 saturated heterocycles. The number of nitrogens with one attached hydrogen (secondary N) is 1. The lowest BCUT2D eigenvalue weighted by molar-refractivity contribution is -0.137. The molecular weight excluding hydrogens is 655 g/mol. The van der Waals surface area contributed by atoms with Gasteiger partial charge in [0.05, 0.1) is 30.0 Å². The molecule has 0 spiro atoms. The summed E-state index contributed by atoms with van der Waals surface area (Å²) in [6, 6.07) is 0.0403. The standard InChI is InChI=1S/C27H27F5N10O4S/c1-41-13-16(8-38-41)21-11-36-23(12-35-21)42(26(43)46-14-22(28)29)18-4-2-17(3-5-18)39-25-37-10-20(27(30,31)32)24(40-25)15-6-19(9-34-7-15)47(33,44)45/h6-13,17-18,22H,2-5,14H2,1H3,(H2,33,44,45)(H,37,39,40). The second kappa shape index (κ2) is 13.5. The number of carbonyl (C=O) groups excluding carboxylic acids is 1. The first-order valence-electron chi connectivity index (χ1n) is 13.9. The van der Waals surface area contributed by atoms with Gasteiger partial charge in [-0.05, 0) is 31.7 Å². The molecule has 1 aliphatic carbocycles. The average molecular weight is 683 g/mol. The molecule has 0 bridgehead atoms. The Balaban J connectivity index is 1.34. The minimum absolute atomic E-state index is 0.0827. The molecule has 3 N–H and O–H groups in total. The molecule has 5 rings (SSSR count). The lowest BCUT2D eigenvalue weighted by atomic mass is 9.90. The Hall–Kier alpha value is -4.85. The molecule has 0 unspecified atom stereocenters. The zero-order valence-corrected chi connectivity index (χ0v) is 25.3. The molecule has 4 heterocycles. The summed E-state index contributed by atoms with van der Waals surface area (Å²) in [5, 5.41) is 12.2. The van der Waals surface area contributed by atoms with Crippen LogP contribution in [0.3, 0.4) is 0 Å². The summed E-state index contributed by atoms with van der Waals surface area (Å²) in [5.74, 6) is -0.0816. The fourth-order valence-corrected chi connectivity index (χ4v) is 5.52. The van der Waals surface area contributed by atoms with Crippen LogP contribution < -0.4 is 15.4 Å². The van der Waals surface area contributed by atoms with Gasteiger partial charge < -0.3 is 10.1 Å². The number of nitrogens with two attached hydrogens (primary N) is 1. The van der Waals surface area contributed by atoms with Gasteiger partial charge in [0.25, 0.3) is 6.43 Å². The maximum Gasteiger partial charge on any atom is 0.419 e. The molecule has 47 heavy (non-hydrogen) atoms. The molecule has 0 aliphatic heterocycles. The van der Waals surface area contributed by atoms with Crippen molar-refractivity contribution < 1.29 is 39.9 Å². The van der Waals surface area contributed by atoms with E-state index in [1.807, 2.05) is 0 Å². The monoisotopic (exact) mass is 682 g/mol. The van der Waals surface area contributed by atoms with Gasteiger partial charge in [0.15, 0.2) is 12.4 Å². The predicted octanol–water partition coefficient (Wildman–Crippen LogP) is 4.03. The van der Waals surface area contributed by atoms with Crippen LogP contribution in [0.15, 0.2) is 54.3 Å². The Morgan fingerprint density at radius 2 is 1.81 bits per heavy atom. The van der Waals surface area contributed by atoms with E-state index in [9.17, 15) is 35.2 Å². The third-order valence-corrected chi connectivity index (χ3v) is 8.10. The quantitative estimate of drug-likeness (QED) is 0.243. The smallest absolute Gasteiger partial charge is 0.419 e. The topological polar surface area (TPSA) is 184 Å². The van der Waals surface area contributed by atoms with Gasteiger partial charge in [0.1, 0.15) is 10.5 Å². The average Bonchev–Trinajstić information content (AvgIpc) is 3.46. The molecule has 0 atom stereocenters. The van der Waals surface area contributed by atoms with Crippen molar-refractivity contribution in [2.45, 2.75) is 55.3 Å². The van der Waals surface area contributed by atoms with E-state index in [1.165, 1.54) is 12.4 Å². The number of sulfonamides is 1. The van der Waals surface area contributed by atoms with Crippen molar-refractivity contribution in [1.29, 1.82) is 0 Å². The van der Waals surface area contributed by atoms with Gasteiger partial charge in [0, 0.05) is 55.0 Å². The molecule has 1 aliphatic rings. The normalized spacial score (nSPS) is 17.0. The molecule has 1 saturated carbocycles. The van der Waals surface area contributed by atoms with E-state index < -0.39 is 57.5 Å². The number of hydrogen-bond acceptors (Lipinski definition) is 11. The minimum atomic E-state index is -4.87. The second-order valence-corrected chi connectivity index (χ2v) is 12.1. The summed E-state index contributed by atoms with van der Waals surface area (Å²) in [4.78, 5) is 33.8. The molecule has 0 radical (unpaired) electrons. The van der Waals surface area contributed by atoms with Gasteiger partial charge in [-0.25, -0.2) is 42.1 Å². The van der Waals surface area contributed by atoms with E-state index in [-0.39, 0.29) is 23.4 Å². The van der Waals surface area contributed by atoms with Gasteiger partial charge in [0.2, 0.25) is 16.0 Å². The SMILES string of the molecule is Cn1cc(-c2cnc(N(C(=O)OCC(F)F)C3CCC(Nc4ncc(C(F)(F)F)c(-c5cncc(S(N)(=O)=O)c5)n4)CC3)cn2)cn1. The van der Waals surface area contributed by atoms with Crippen LogP contribution in [0.2, 0.25) is 0 Å². The summed E-state index contributed by atoms with van der Waals surface area (Å²) in [6.07, 6.45) is 1.13. The van der Waals surface area contributed by atoms with Crippen LogP contribution in [0.1, 0.15) is 31.2 Å². The number of aromatic nitrogens is 7. The largest absolute Gasteiger partial charge is 0.443 e. The summed E-state index contributed by atoms with van der Waals surface area (Å²) in [5.41, 5.74) is -0.922. The molecule has 4 aromatic heterocycles. The van der Waals surface area contributed by atoms with Crippen LogP contribution in [0.4, 0.5) is 38.5 Å². The highest BCUT2D eigenvalue weighted by Gasteiger charge is 2.37. The van der Waals surface area contributed by atoms with Crippen molar-refractivity contribution in [3.63, 3.8) is 0 Å². The van der Waals surface area contributed by atoms with Crippen molar-refractivity contribution in [1.82, 2.24) is 34.7 Å². The summed E-state index contributed by atoms with van der Waals surface area (Å²) in [7, 11) is -2.53. The van der Waals surface area contributed by atoms with Crippen molar-refractivity contribution >= 4 is 27.9 Å². The Morgan fingerprint density at radius 3 is 2.40 bits per heavy atom. The number of nitrogens with zero attached hydrogens (tertiary/aromatic N) is 8. The number of primary sulfonamides is 1. The summed E-state index contributed by atoms with van der Waals surface area (Å²) < 4.78 is 97.1. The van der Waals surface area contributed by atoms with Gasteiger partial charge in [-0.15, -0.1) is 0 Å². The van der Waals surface area contributed by atoms with E-state index in [2.05, 4.69) is 35.3 Å². The number of hydrogen-bond donors (Lipinski definition) is 2. The Labute approximate surface area is 264 Å². The maximum atomic E-state index is 13.8. The number of amides is 1. The third kappa shape index (κ3) is 8.12. The zero-order chi connectivity index (χ0) is 33.9. The van der Waals surface area contributed by atoms with Crippen molar-refractivity contribution in [2.75, 3.05) is 16.8 Å². The van der Waals surface area contributed by atoms with E-state index in [1.54, 1.807) is 24.1 Å². The van der Waals surface area contributed by atoms with Crippen LogP contribution in [0.25, 0.3) is 22.5 Å². The number of anilines is 2. The van der Waals surface area contributed by atoms with Crippen LogP contribution in [0.5, 0.6) is 0 Å². The molecule has 14 nitrogen and oxygen atoms in total. The predicted molar refractivity (Wildman–Crippen MR) is 155 cm³/mol.